The minimum absolute atomic E-state index is 0.0648. The molecule has 0 fully saturated rings. The van der Waals surface area contributed by atoms with Crippen LogP contribution in [0, 0.1) is 5.92 Å². The van der Waals surface area contributed by atoms with Crippen LogP contribution in [0.15, 0.2) is 0 Å². The number of esters is 3. The standard InChI is InChI=1S/C44H84O6/c1-5-7-9-11-13-15-16-17-18-20-24-29-33-37-44(47)50-41(38-48-42(45)35-31-27-23-19-14-12-10-8-6-2)39-49-43(46)36-32-28-25-21-22-26-30-34-40(3)4/h40-41H,5-39H2,1-4H3/t41-/m0/s1. The Labute approximate surface area is 310 Å². The maximum absolute atomic E-state index is 12.7. The number of hydrogen-bond donors (Lipinski definition) is 0. The lowest BCUT2D eigenvalue weighted by Crippen LogP contribution is -2.30. The molecule has 0 rings (SSSR count). The lowest BCUT2D eigenvalue weighted by atomic mass is 10.0. The summed E-state index contributed by atoms with van der Waals surface area (Å²) in [5.41, 5.74) is 0. The second-order valence-corrected chi connectivity index (χ2v) is 15.5. The molecule has 6 heteroatoms. The SMILES string of the molecule is CCCCCCCCCCCCCCCC(=O)O[C@@H](COC(=O)CCCCCCCCCCC)COC(=O)CCCCCCCCCC(C)C. The molecular formula is C44H84O6. The molecule has 0 aromatic carbocycles. The molecular weight excluding hydrogens is 624 g/mol. The molecule has 296 valence electrons. The molecule has 1 atom stereocenters. The third kappa shape index (κ3) is 37.7. The van der Waals surface area contributed by atoms with Crippen molar-refractivity contribution in [1.29, 1.82) is 0 Å². The summed E-state index contributed by atoms with van der Waals surface area (Å²) in [4.78, 5) is 37.5. The van der Waals surface area contributed by atoms with E-state index in [2.05, 4.69) is 27.7 Å². The van der Waals surface area contributed by atoms with Crippen molar-refractivity contribution >= 4 is 17.9 Å². The van der Waals surface area contributed by atoms with Gasteiger partial charge >= 0.3 is 17.9 Å². The van der Waals surface area contributed by atoms with E-state index in [1.165, 1.54) is 135 Å². The Morgan fingerprint density at radius 3 is 0.980 bits per heavy atom. The highest BCUT2D eigenvalue weighted by Crippen LogP contribution is 2.16. The van der Waals surface area contributed by atoms with Crippen molar-refractivity contribution in [3.05, 3.63) is 0 Å². The summed E-state index contributed by atoms with van der Waals surface area (Å²) >= 11 is 0. The number of rotatable bonds is 39. The average molecular weight is 709 g/mol. The summed E-state index contributed by atoms with van der Waals surface area (Å²) in [6, 6.07) is 0. The molecule has 0 aliphatic heterocycles. The second-order valence-electron chi connectivity index (χ2n) is 15.5. The van der Waals surface area contributed by atoms with Gasteiger partial charge < -0.3 is 14.2 Å². The fourth-order valence-corrected chi connectivity index (χ4v) is 6.45. The van der Waals surface area contributed by atoms with Crippen LogP contribution in [0.25, 0.3) is 0 Å². The van der Waals surface area contributed by atoms with Crippen molar-refractivity contribution in [3.8, 4) is 0 Å². The predicted octanol–water partition coefficient (Wildman–Crippen LogP) is 13.6. The Morgan fingerprint density at radius 1 is 0.380 bits per heavy atom. The summed E-state index contributed by atoms with van der Waals surface area (Å²) < 4.78 is 16.7. The van der Waals surface area contributed by atoms with Gasteiger partial charge in [0.15, 0.2) is 6.10 Å². The maximum atomic E-state index is 12.7. The largest absolute Gasteiger partial charge is 0.462 e. The molecule has 0 aliphatic carbocycles. The average Bonchev–Trinajstić information content (AvgIpc) is 3.09. The first-order chi connectivity index (χ1) is 24.4. The van der Waals surface area contributed by atoms with E-state index in [0.29, 0.717) is 19.3 Å². The van der Waals surface area contributed by atoms with Crippen molar-refractivity contribution < 1.29 is 28.6 Å². The van der Waals surface area contributed by atoms with Gasteiger partial charge in [0.05, 0.1) is 0 Å². The zero-order chi connectivity index (χ0) is 36.8. The van der Waals surface area contributed by atoms with Gasteiger partial charge in [0.2, 0.25) is 0 Å². The Balaban J connectivity index is 4.33. The highest BCUT2D eigenvalue weighted by atomic mass is 16.6. The number of carbonyl (C=O) groups is 3. The summed E-state index contributed by atoms with van der Waals surface area (Å²) in [5.74, 6) is -0.0798. The quantitative estimate of drug-likeness (QED) is 0.0359. The van der Waals surface area contributed by atoms with Crippen LogP contribution >= 0.6 is 0 Å². The van der Waals surface area contributed by atoms with Gasteiger partial charge in [0.1, 0.15) is 13.2 Å². The van der Waals surface area contributed by atoms with E-state index < -0.39 is 6.10 Å². The van der Waals surface area contributed by atoms with Crippen molar-refractivity contribution in [2.75, 3.05) is 13.2 Å². The first kappa shape index (κ1) is 48.4. The predicted molar refractivity (Wildman–Crippen MR) is 210 cm³/mol. The van der Waals surface area contributed by atoms with E-state index in [1.807, 2.05) is 0 Å². The maximum Gasteiger partial charge on any atom is 0.306 e. The van der Waals surface area contributed by atoms with E-state index in [0.717, 1.165) is 63.7 Å². The van der Waals surface area contributed by atoms with Crippen molar-refractivity contribution in [2.45, 2.75) is 246 Å². The highest BCUT2D eigenvalue weighted by Gasteiger charge is 2.19. The molecule has 0 heterocycles. The molecule has 50 heavy (non-hydrogen) atoms. The molecule has 0 amide bonds. The number of unbranched alkanes of at least 4 members (excludes halogenated alkanes) is 26. The van der Waals surface area contributed by atoms with Crippen LogP contribution in [0.4, 0.5) is 0 Å². The number of hydrogen-bond acceptors (Lipinski definition) is 6. The molecule has 6 nitrogen and oxygen atoms in total. The molecule has 0 spiro atoms. The molecule has 0 saturated carbocycles. The molecule has 0 radical (unpaired) electrons. The molecule has 0 unspecified atom stereocenters. The molecule has 0 aliphatic rings. The van der Waals surface area contributed by atoms with E-state index in [1.54, 1.807) is 0 Å². The summed E-state index contributed by atoms with van der Waals surface area (Å²) in [5, 5.41) is 0. The van der Waals surface area contributed by atoms with Gasteiger partial charge in [-0.15, -0.1) is 0 Å². The van der Waals surface area contributed by atoms with Crippen LogP contribution in [0.3, 0.4) is 0 Å². The van der Waals surface area contributed by atoms with Gasteiger partial charge in [-0.2, -0.15) is 0 Å². The smallest absolute Gasteiger partial charge is 0.306 e. The van der Waals surface area contributed by atoms with Crippen molar-refractivity contribution in [3.63, 3.8) is 0 Å². The van der Waals surface area contributed by atoms with Crippen LogP contribution in [-0.2, 0) is 28.6 Å². The molecule has 0 saturated heterocycles. The number of ether oxygens (including phenoxy) is 3. The van der Waals surface area contributed by atoms with Gasteiger partial charge in [0.25, 0.3) is 0 Å². The van der Waals surface area contributed by atoms with Crippen LogP contribution in [-0.4, -0.2) is 37.2 Å². The van der Waals surface area contributed by atoms with Crippen LogP contribution in [0.5, 0.6) is 0 Å². The van der Waals surface area contributed by atoms with E-state index in [4.69, 9.17) is 14.2 Å². The van der Waals surface area contributed by atoms with E-state index in [9.17, 15) is 14.4 Å². The van der Waals surface area contributed by atoms with Crippen LogP contribution in [0.2, 0.25) is 0 Å². The third-order valence-corrected chi connectivity index (χ3v) is 9.79. The van der Waals surface area contributed by atoms with Crippen LogP contribution in [0.1, 0.15) is 240 Å². The minimum atomic E-state index is -0.758. The summed E-state index contributed by atoms with van der Waals surface area (Å²) in [6.07, 6.45) is 36.6. The zero-order valence-electron chi connectivity index (χ0n) is 33.9. The van der Waals surface area contributed by atoms with Gasteiger partial charge in [-0.25, -0.2) is 0 Å². The fraction of sp³-hybridized carbons (Fsp3) is 0.932. The summed E-state index contributed by atoms with van der Waals surface area (Å²) in [6.45, 7) is 8.92. The Kier molecular flexibility index (Phi) is 37.4. The van der Waals surface area contributed by atoms with Crippen molar-refractivity contribution in [1.82, 2.24) is 0 Å². The lowest BCUT2D eigenvalue weighted by Gasteiger charge is -2.18. The fourth-order valence-electron chi connectivity index (χ4n) is 6.45. The Hall–Kier alpha value is -1.59. The van der Waals surface area contributed by atoms with E-state index in [-0.39, 0.29) is 31.1 Å². The minimum Gasteiger partial charge on any atom is -0.462 e. The highest BCUT2D eigenvalue weighted by molar-refractivity contribution is 5.71. The Morgan fingerprint density at radius 2 is 0.660 bits per heavy atom. The number of carbonyl (C=O) groups excluding carboxylic acids is 3. The van der Waals surface area contributed by atoms with Gasteiger partial charge in [-0.3, -0.25) is 14.4 Å². The molecule has 0 bridgehead atoms. The molecule has 0 aromatic heterocycles. The van der Waals surface area contributed by atoms with Crippen LogP contribution < -0.4 is 0 Å². The van der Waals surface area contributed by atoms with E-state index >= 15 is 0 Å². The first-order valence-electron chi connectivity index (χ1n) is 21.9. The monoisotopic (exact) mass is 709 g/mol. The van der Waals surface area contributed by atoms with Gasteiger partial charge in [-0.05, 0) is 25.2 Å². The topological polar surface area (TPSA) is 78.9 Å². The van der Waals surface area contributed by atoms with Gasteiger partial charge in [-0.1, -0.05) is 201 Å². The van der Waals surface area contributed by atoms with Crippen molar-refractivity contribution in [2.24, 2.45) is 5.92 Å². The molecule has 0 N–H and O–H groups in total. The Bertz CT molecular complexity index is 751. The molecule has 0 aromatic rings. The normalized spacial score (nSPS) is 11.9. The van der Waals surface area contributed by atoms with Gasteiger partial charge in [0, 0.05) is 19.3 Å². The third-order valence-electron chi connectivity index (χ3n) is 9.79. The lowest BCUT2D eigenvalue weighted by molar-refractivity contribution is -0.167. The second kappa shape index (κ2) is 38.6. The summed E-state index contributed by atoms with van der Waals surface area (Å²) in [7, 11) is 0. The first-order valence-corrected chi connectivity index (χ1v) is 21.9. The zero-order valence-corrected chi connectivity index (χ0v) is 33.9.